The Morgan fingerprint density at radius 3 is 2.30 bits per heavy atom. The zero-order valence-corrected chi connectivity index (χ0v) is 14.2. The van der Waals surface area contributed by atoms with Crippen molar-refractivity contribution in [3.8, 4) is 0 Å². The molecule has 0 spiro atoms. The molecule has 0 amide bonds. The Morgan fingerprint density at radius 1 is 1.10 bits per heavy atom. The minimum Gasteiger partial charge on any atom is -0.381 e. The molecule has 0 radical (unpaired) electrons. The lowest BCUT2D eigenvalue weighted by Crippen LogP contribution is -2.44. The number of guanidine groups is 1. The van der Waals surface area contributed by atoms with Crippen molar-refractivity contribution in [3.63, 3.8) is 0 Å². The van der Waals surface area contributed by atoms with E-state index in [9.17, 15) is 0 Å². The highest BCUT2D eigenvalue weighted by Gasteiger charge is 2.07. The number of hydrogen-bond donors (Lipinski definition) is 3. The predicted octanol–water partition coefficient (Wildman–Crippen LogP) is 1.60. The Morgan fingerprint density at radius 2 is 1.75 bits per heavy atom. The van der Waals surface area contributed by atoms with Crippen LogP contribution in [0.25, 0.3) is 0 Å². The zero-order chi connectivity index (χ0) is 15.4. The zero-order valence-electron chi connectivity index (χ0n) is 14.2. The van der Waals surface area contributed by atoms with Crippen molar-refractivity contribution in [2.45, 2.75) is 46.6 Å². The molecule has 0 atom stereocenters. The van der Waals surface area contributed by atoms with Crippen LogP contribution >= 0.6 is 0 Å². The first-order chi connectivity index (χ1) is 9.35. The van der Waals surface area contributed by atoms with Crippen molar-refractivity contribution in [3.05, 3.63) is 0 Å². The summed E-state index contributed by atoms with van der Waals surface area (Å²) < 4.78 is 5.54. The molecular formula is C15H34N4O. The molecule has 3 N–H and O–H groups in total. The highest BCUT2D eigenvalue weighted by molar-refractivity contribution is 5.79. The van der Waals surface area contributed by atoms with Gasteiger partial charge in [0.25, 0.3) is 0 Å². The molecule has 0 bridgehead atoms. The van der Waals surface area contributed by atoms with Crippen LogP contribution in [0.1, 0.15) is 41.0 Å². The van der Waals surface area contributed by atoms with Crippen LogP contribution in [0.5, 0.6) is 0 Å². The van der Waals surface area contributed by atoms with Gasteiger partial charge in [-0.3, -0.25) is 4.99 Å². The van der Waals surface area contributed by atoms with Gasteiger partial charge < -0.3 is 20.7 Å². The minimum absolute atomic E-state index is 0.159. The van der Waals surface area contributed by atoms with Crippen molar-refractivity contribution in [1.82, 2.24) is 16.0 Å². The average molecular weight is 286 g/mol. The number of ether oxygens (including phenoxy) is 1. The van der Waals surface area contributed by atoms with E-state index < -0.39 is 0 Å². The summed E-state index contributed by atoms with van der Waals surface area (Å²) in [7, 11) is 1.79. The first kappa shape index (κ1) is 19.2. The molecule has 120 valence electrons. The molecule has 0 aliphatic carbocycles. The van der Waals surface area contributed by atoms with Gasteiger partial charge in [0.1, 0.15) is 0 Å². The van der Waals surface area contributed by atoms with E-state index in [0.29, 0.717) is 5.92 Å². The smallest absolute Gasteiger partial charge is 0.191 e. The van der Waals surface area contributed by atoms with Crippen LogP contribution in [0, 0.1) is 5.92 Å². The quantitative estimate of drug-likeness (QED) is 0.342. The maximum Gasteiger partial charge on any atom is 0.191 e. The summed E-state index contributed by atoms with van der Waals surface area (Å²) in [4.78, 5) is 4.19. The molecule has 0 saturated carbocycles. The van der Waals surface area contributed by atoms with Crippen LogP contribution in [0.2, 0.25) is 0 Å². The normalized spacial score (nSPS) is 12.8. The number of nitrogens with zero attached hydrogens (tertiary/aromatic N) is 1. The molecule has 0 fully saturated rings. The molecule has 0 aromatic heterocycles. The molecule has 5 nitrogen and oxygen atoms in total. The third-order valence-corrected chi connectivity index (χ3v) is 2.51. The van der Waals surface area contributed by atoms with Gasteiger partial charge in [0.05, 0.1) is 0 Å². The lowest BCUT2D eigenvalue weighted by molar-refractivity contribution is 0.108. The summed E-state index contributed by atoms with van der Waals surface area (Å²) in [5.74, 6) is 1.46. The molecule has 20 heavy (non-hydrogen) atoms. The molecule has 0 aromatic rings. The van der Waals surface area contributed by atoms with Crippen molar-refractivity contribution < 1.29 is 4.74 Å². The second-order valence-corrected chi connectivity index (χ2v) is 6.42. The van der Waals surface area contributed by atoms with Gasteiger partial charge in [0, 0.05) is 45.4 Å². The third kappa shape index (κ3) is 13.6. The fourth-order valence-electron chi connectivity index (χ4n) is 1.54. The van der Waals surface area contributed by atoms with E-state index in [0.717, 1.165) is 45.2 Å². The monoisotopic (exact) mass is 286 g/mol. The van der Waals surface area contributed by atoms with E-state index in [4.69, 9.17) is 4.74 Å². The van der Waals surface area contributed by atoms with Gasteiger partial charge in [0.2, 0.25) is 0 Å². The molecule has 0 heterocycles. The number of nitrogens with one attached hydrogen (secondary N) is 3. The average Bonchev–Trinajstić information content (AvgIpc) is 2.34. The van der Waals surface area contributed by atoms with Crippen LogP contribution in [-0.2, 0) is 4.74 Å². The van der Waals surface area contributed by atoms with Crippen molar-refractivity contribution in [2.24, 2.45) is 10.9 Å². The third-order valence-electron chi connectivity index (χ3n) is 2.51. The fraction of sp³-hybridized carbons (Fsp3) is 0.933. The van der Waals surface area contributed by atoms with Crippen molar-refractivity contribution in [2.75, 3.05) is 39.9 Å². The molecule has 5 heteroatoms. The van der Waals surface area contributed by atoms with Gasteiger partial charge in [-0.05, 0) is 33.1 Å². The predicted molar refractivity (Wildman–Crippen MR) is 87.4 cm³/mol. The Balaban J connectivity index is 3.53. The number of aliphatic imine (C=N–C) groups is 1. The van der Waals surface area contributed by atoms with Gasteiger partial charge >= 0.3 is 0 Å². The Kier molecular flexibility index (Phi) is 10.5. The van der Waals surface area contributed by atoms with Gasteiger partial charge in [-0.15, -0.1) is 0 Å². The second kappa shape index (κ2) is 10.9. The SMILES string of the molecule is CN=C(NCCCOCC(C)C)NCCNC(C)(C)C. The van der Waals surface area contributed by atoms with Crippen molar-refractivity contribution >= 4 is 5.96 Å². The summed E-state index contributed by atoms with van der Waals surface area (Å²) in [6.45, 7) is 15.1. The van der Waals surface area contributed by atoms with Crippen LogP contribution in [0.4, 0.5) is 0 Å². The van der Waals surface area contributed by atoms with Crippen LogP contribution in [0.15, 0.2) is 4.99 Å². The summed E-state index contributed by atoms with van der Waals surface area (Å²) >= 11 is 0. The second-order valence-electron chi connectivity index (χ2n) is 6.42. The summed E-state index contributed by atoms with van der Waals surface area (Å²) in [5.41, 5.74) is 0.159. The molecular weight excluding hydrogens is 252 g/mol. The van der Waals surface area contributed by atoms with E-state index in [1.807, 2.05) is 0 Å². The fourth-order valence-corrected chi connectivity index (χ4v) is 1.54. The van der Waals surface area contributed by atoms with Gasteiger partial charge in [0.15, 0.2) is 5.96 Å². The summed E-state index contributed by atoms with van der Waals surface area (Å²) in [6, 6.07) is 0. The molecule has 0 aliphatic rings. The Bertz CT molecular complexity index is 259. The molecule has 0 aromatic carbocycles. The number of hydrogen-bond acceptors (Lipinski definition) is 3. The highest BCUT2D eigenvalue weighted by Crippen LogP contribution is 1.96. The molecule has 0 aliphatic heterocycles. The molecule has 0 unspecified atom stereocenters. The summed E-state index contributed by atoms with van der Waals surface area (Å²) in [5, 5.41) is 10.0. The minimum atomic E-state index is 0.159. The standard InChI is InChI=1S/C15H34N4O/c1-13(2)12-20-11-7-8-17-14(16-6)18-9-10-19-15(3,4)5/h13,19H,7-12H2,1-6H3,(H2,16,17,18). The maximum atomic E-state index is 5.54. The molecule has 0 rings (SSSR count). The van der Waals surface area contributed by atoms with Gasteiger partial charge in [-0.1, -0.05) is 13.8 Å². The first-order valence-electron chi connectivity index (χ1n) is 7.62. The summed E-state index contributed by atoms with van der Waals surface area (Å²) in [6.07, 6.45) is 0.994. The van der Waals surface area contributed by atoms with E-state index in [1.54, 1.807) is 7.05 Å². The maximum absolute atomic E-state index is 5.54. The lowest BCUT2D eigenvalue weighted by atomic mass is 10.1. The van der Waals surface area contributed by atoms with Gasteiger partial charge in [-0.25, -0.2) is 0 Å². The lowest BCUT2D eigenvalue weighted by Gasteiger charge is -2.21. The largest absolute Gasteiger partial charge is 0.381 e. The number of rotatable bonds is 9. The van der Waals surface area contributed by atoms with E-state index in [-0.39, 0.29) is 5.54 Å². The van der Waals surface area contributed by atoms with Gasteiger partial charge in [-0.2, -0.15) is 0 Å². The Labute approximate surface area is 125 Å². The van der Waals surface area contributed by atoms with Crippen molar-refractivity contribution in [1.29, 1.82) is 0 Å². The van der Waals surface area contributed by atoms with Crippen LogP contribution in [-0.4, -0.2) is 51.4 Å². The molecule has 0 saturated heterocycles. The van der Waals surface area contributed by atoms with Crippen LogP contribution in [0.3, 0.4) is 0 Å². The first-order valence-corrected chi connectivity index (χ1v) is 7.62. The highest BCUT2D eigenvalue weighted by atomic mass is 16.5. The van der Waals surface area contributed by atoms with Crippen LogP contribution < -0.4 is 16.0 Å². The van der Waals surface area contributed by atoms with E-state index in [1.165, 1.54) is 0 Å². The van der Waals surface area contributed by atoms with E-state index in [2.05, 4.69) is 55.6 Å². The topological polar surface area (TPSA) is 57.7 Å². The van der Waals surface area contributed by atoms with E-state index >= 15 is 0 Å². The Hall–Kier alpha value is -0.810.